The average molecular weight is 293 g/mol. The van der Waals surface area contributed by atoms with Crippen LogP contribution in [0.25, 0.3) is 4.96 Å². The van der Waals surface area contributed by atoms with Crippen LogP contribution in [0.15, 0.2) is 0 Å². The molecule has 4 heterocycles. The van der Waals surface area contributed by atoms with Crippen LogP contribution in [0.1, 0.15) is 42.4 Å². The maximum atomic E-state index is 5.42. The summed E-state index contributed by atoms with van der Waals surface area (Å²) in [5.41, 5.74) is 0. The second-order valence-corrected chi connectivity index (χ2v) is 6.67. The Hall–Kier alpha value is -1.05. The molecule has 7 heteroatoms. The van der Waals surface area contributed by atoms with Crippen molar-refractivity contribution in [1.82, 2.24) is 25.1 Å². The average Bonchev–Trinajstić information content (AvgIpc) is 3.17. The summed E-state index contributed by atoms with van der Waals surface area (Å²) in [5, 5.41) is 18.1. The molecule has 0 aromatic carbocycles. The van der Waals surface area contributed by atoms with Crippen LogP contribution in [0.4, 0.5) is 0 Å². The summed E-state index contributed by atoms with van der Waals surface area (Å²) in [4.78, 5) is 0.930. The number of hydrogen-bond acceptors (Lipinski definition) is 6. The SMILES string of the molecule is C1CNC(Cc2nn3c(C4CCOCC4)nnc3s2)C1. The van der Waals surface area contributed by atoms with E-state index in [4.69, 9.17) is 9.84 Å². The third-order valence-corrected chi connectivity index (χ3v) is 5.15. The summed E-state index contributed by atoms with van der Waals surface area (Å²) in [6, 6.07) is 0.588. The Labute approximate surface area is 121 Å². The number of aromatic nitrogens is 4. The van der Waals surface area contributed by atoms with Gasteiger partial charge in [0.15, 0.2) is 5.82 Å². The molecule has 1 atom stereocenters. The molecule has 108 valence electrons. The molecule has 4 rings (SSSR count). The van der Waals surface area contributed by atoms with Crippen molar-refractivity contribution in [3.05, 3.63) is 10.8 Å². The molecule has 0 spiro atoms. The number of nitrogens with zero attached hydrogens (tertiary/aromatic N) is 4. The molecule has 2 aromatic rings. The predicted octanol–water partition coefficient (Wildman–Crippen LogP) is 1.37. The van der Waals surface area contributed by atoms with E-state index >= 15 is 0 Å². The Morgan fingerprint density at radius 3 is 2.95 bits per heavy atom. The number of ether oxygens (including phenoxy) is 1. The molecule has 2 aliphatic rings. The molecule has 0 aliphatic carbocycles. The standard InChI is InChI=1S/C13H19N5OS/c1-2-10(14-5-1)8-11-17-18-12(15-16-13(18)20-11)9-3-6-19-7-4-9/h9-10,14H,1-8H2. The fourth-order valence-corrected chi connectivity index (χ4v) is 4.03. The summed E-state index contributed by atoms with van der Waals surface area (Å²) >= 11 is 1.68. The Morgan fingerprint density at radius 1 is 1.25 bits per heavy atom. The maximum absolute atomic E-state index is 5.42. The van der Waals surface area contributed by atoms with E-state index in [1.165, 1.54) is 17.8 Å². The number of rotatable bonds is 3. The molecular weight excluding hydrogens is 274 g/mol. The highest BCUT2D eigenvalue weighted by molar-refractivity contribution is 7.16. The number of hydrogen-bond donors (Lipinski definition) is 1. The van der Waals surface area contributed by atoms with Gasteiger partial charge in [-0.1, -0.05) is 11.3 Å². The van der Waals surface area contributed by atoms with Crippen LogP contribution in [0.2, 0.25) is 0 Å². The molecule has 1 N–H and O–H groups in total. The van der Waals surface area contributed by atoms with E-state index < -0.39 is 0 Å². The van der Waals surface area contributed by atoms with Crippen molar-refractivity contribution < 1.29 is 4.74 Å². The van der Waals surface area contributed by atoms with Gasteiger partial charge < -0.3 is 10.1 Å². The van der Waals surface area contributed by atoms with Crippen molar-refractivity contribution in [2.45, 2.75) is 44.1 Å². The minimum atomic E-state index is 0.443. The topological polar surface area (TPSA) is 64.3 Å². The first-order valence-electron chi connectivity index (χ1n) is 7.42. The molecule has 2 saturated heterocycles. The zero-order valence-electron chi connectivity index (χ0n) is 11.4. The van der Waals surface area contributed by atoms with E-state index in [2.05, 4.69) is 15.5 Å². The van der Waals surface area contributed by atoms with Crippen molar-refractivity contribution in [1.29, 1.82) is 0 Å². The second-order valence-electron chi connectivity index (χ2n) is 5.63. The Kier molecular flexibility index (Phi) is 3.41. The van der Waals surface area contributed by atoms with Gasteiger partial charge >= 0.3 is 0 Å². The van der Waals surface area contributed by atoms with Gasteiger partial charge in [-0.15, -0.1) is 10.2 Å². The van der Waals surface area contributed by atoms with E-state index in [1.807, 2.05) is 4.52 Å². The summed E-state index contributed by atoms with van der Waals surface area (Å²) in [7, 11) is 0. The summed E-state index contributed by atoms with van der Waals surface area (Å²) in [5.74, 6) is 1.46. The van der Waals surface area contributed by atoms with Crippen LogP contribution in [-0.4, -0.2) is 45.6 Å². The van der Waals surface area contributed by atoms with Gasteiger partial charge in [0, 0.05) is 31.6 Å². The molecule has 2 fully saturated rings. The first-order chi connectivity index (χ1) is 9.90. The van der Waals surface area contributed by atoms with E-state index in [0.717, 1.165) is 49.8 Å². The molecule has 2 aliphatic heterocycles. The largest absolute Gasteiger partial charge is 0.381 e. The van der Waals surface area contributed by atoms with Gasteiger partial charge in [-0.25, -0.2) is 0 Å². The van der Waals surface area contributed by atoms with Gasteiger partial charge in [0.05, 0.1) is 0 Å². The van der Waals surface area contributed by atoms with Gasteiger partial charge in [-0.05, 0) is 32.2 Å². The molecular formula is C13H19N5OS. The summed E-state index contributed by atoms with van der Waals surface area (Å²) in [6.07, 6.45) is 5.60. The fraction of sp³-hybridized carbons (Fsp3) is 0.769. The van der Waals surface area contributed by atoms with E-state index in [9.17, 15) is 0 Å². The van der Waals surface area contributed by atoms with Crippen LogP contribution >= 0.6 is 11.3 Å². The zero-order valence-corrected chi connectivity index (χ0v) is 12.2. The van der Waals surface area contributed by atoms with Gasteiger partial charge in [0.1, 0.15) is 5.01 Å². The van der Waals surface area contributed by atoms with Crippen LogP contribution in [-0.2, 0) is 11.2 Å². The number of nitrogens with one attached hydrogen (secondary N) is 1. The lowest BCUT2D eigenvalue weighted by atomic mass is 10.00. The summed E-state index contributed by atoms with van der Waals surface area (Å²) < 4.78 is 7.38. The third kappa shape index (κ3) is 2.34. The molecule has 0 amide bonds. The van der Waals surface area contributed by atoms with E-state index in [-0.39, 0.29) is 0 Å². The molecule has 20 heavy (non-hydrogen) atoms. The minimum Gasteiger partial charge on any atom is -0.381 e. The Bertz CT molecular complexity index is 583. The first kappa shape index (κ1) is 12.7. The second kappa shape index (κ2) is 5.38. The van der Waals surface area contributed by atoms with E-state index in [0.29, 0.717) is 12.0 Å². The molecule has 0 saturated carbocycles. The molecule has 0 bridgehead atoms. The van der Waals surface area contributed by atoms with Gasteiger partial charge in [0.2, 0.25) is 4.96 Å². The lowest BCUT2D eigenvalue weighted by molar-refractivity contribution is 0.0831. The first-order valence-corrected chi connectivity index (χ1v) is 8.24. The molecule has 2 aromatic heterocycles. The fourth-order valence-electron chi connectivity index (χ4n) is 3.11. The van der Waals surface area contributed by atoms with Crippen molar-refractivity contribution in [3.63, 3.8) is 0 Å². The zero-order chi connectivity index (χ0) is 13.4. The van der Waals surface area contributed by atoms with Crippen LogP contribution in [0.3, 0.4) is 0 Å². The highest BCUT2D eigenvalue weighted by Crippen LogP contribution is 2.27. The summed E-state index contributed by atoms with van der Waals surface area (Å²) in [6.45, 7) is 2.78. The van der Waals surface area contributed by atoms with Crippen molar-refractivity contribution in [2.75, 3.05) is 19.8 Å². The lowest BCUT2D eigenvalue weighted by Crippen LogP contribution is -2.23. The predicted molar refractivity (Wildman–Crippen MR) is 76.2 cm³/mol. The molecule has 1 unspecified atom stereocenters. The quantitative estimate of drug-likeness (QED) is 0.926. The Morgan fingerprint density at radius 2 is 2.15 bits per heavy atom. The number of fused-ring (bicyclic) bond motifs is 1. The normalized spacial score (nSPS) is 24.7. The van der Waals surface area contributed by atoms with Gasteiger partial charge in [-0.3, -0.25) is 0 Å². The van der Waals surface area contributed by atoms with Crippen LogP contribution in [0.5, 0.6) is 0 Å². The smallest absolute Gasteiger partial charge is 0.234 e. The van der Waals surface area contributed by atoms with Crippen molar-refractivity contribution >= 4 is 16.3 Å². The van der Waals surface area contributed by atoms with Crippen molar-refractivity contribution in [3.8, 4) is 0 Å². The maximum Gasteiger partial charge on any atom is 0.234 e. The molecule has 6 nitrogen and oxygen atoms in total. The third-order valence-electron chi connectivity index (χ3n) is 4.23. The van der Waals surface area contributed by atoms with Crippen LogP contribution < -0.4 is 5.32 Å². The Balaban J connectivity index is 1.57. The van der Waals surface area contributed by atoms with Crippen molar-refractivity contribution in [2.24, 2.45) is 0 Å². The van der Waals surface area contributed by atoms with Gasteiger partial charge in [-0.2, -0.15) is 9.61 Å². The highest BCUT2D eigenvalue weighted by atomic mass is 32.1. The molecule has 0 radical (unpaired) electrons. The monoisotopic (exact) mass is 293 g/mol. The lowest BCUT2D eigenvalue weighted by Gasteiger charge is -2.19. The van der Waals surface area contributed by atoms with E-state index in [1.54, 1.807) is 11.3 Å². The van der Waals surface area contributed by atoms with Crippen LogP contribution in [0, 0.1) is 0 Å². The highest BCUT2D eigenvalue weighted by Gasteiger charge is 2.24. The van der Waals surface area contributed by atoms with Gasteiger partial charge in [0.25, 0.3) is 0 Å². The minimum absolute atomic E-state index is 0.443.